The summed E-state index contributed by atoms with van der Waals surface area (Å²) in [6.07, 6.45) is 0.331. The van der Waals surface area contributed by atoms with Gasteiger partial charge >= 0.3 is 0 Å². The van der Waals surface area contributed by atoms with E-state index in [1.54, 1.807) is 0 Å². The predicted molar refractivity (Wildman–Crippen MR) is 41.1 cm³/mol. The molecule has 64 valence electrons. The van der Waals surface area contributed by atoms with Crippen LogP contribution in [0.5, 0.6) is 5.88 Å². The van der Waals surface area contributed by atoms with Crippen molar-refractivity contribution in [1.29, 1.82) is 0 Å². The van der Waals surface area contributed by atoms with Gasteiger partial charge in [0.05, 0.1) is 7.11 Å². The minimum absolute atomic E-state index is 0.0463. The molecule has 1 aromatic rings. The Kier molecular flexibility index (Phi) is 2.60. The van der Waals surface area contributed by atoms with E-state index < -0.39 is 5.82 Å². The smallest absolute Gasteiger partial charge is 0.228 e. The van der Waals surface area contributed by atoms with Gasteiger partial charge in [-0.25, -0.2) is 9.37 Å². The van der Waals surface area contributed by atoms with E-state index >= 15 is 0 Å². The third-order valence-corrected chi connectivity index (χ3v) is 1.45. The molecule has 0 aliphatic heterocycles. The number of nitrogens with zero attached hydrogens (tertiary/aromatic N) is 1. The second-order valence-electron chi connectivity index (χ2n) is 1.97. The molecule has 0 spiro atoms. The first kappa shape index (κ1) is 8.93. The summed E-state index contributed by atoms with van der Waals surface area (Å²) in [6, 6.07) is 0.952. The summed E-state index contributed by atoms with van der Waals surface area (Å²) in [5.74, 6) is -0.836. The Hall–Kier alpha value is -1.16. The molecule has 12 heavy (non-hydrogen) atoms. The van der Waals surface area contributed by atoms with Gasteiger partial charge in [0.2, 0.25) is 5.88 Å². The molecule has 1 rings (SSSR count). The number of halogens is 2. The topological polar surface area (TPSA) is 39.2 Å². The first-order valence-electron chi connectivity index (χ1n) is 3.04. The average Bonchev–Trinajstić information content (AvgIpc) is 2.03. The van der Waals surface area contributed by atoms with E-state index in [-0.39, 0.29) is 16.6 Å². The van der Waals surface area contributed by atoms with E-state index in [4.69, 9.17) is 11.6 Å². The summed E-state index contributed by atoms with van der Waals surface area (Å²) in [5.41, 5.74) is -0.220. The van der Waals surface area contributed by atoms with Crippen molar-refractivity contribution < 1.29 is 13.9 Å². The summed E-state index contributed by atoms with van der Waals surface area (Å²) in [4.78, 5) is 13.9. The van der Waals surface area contributed by atoms with Crippen molar-refractivity contribution in [3.05, 3.63) is 22.6 Å². The van der Waals surface area contributed by atoms with Crippen molar-refractivity contribution in [3.63, 3.8) is 0 Å². The van der Waals surface area contributed by atoms with Gasteiger partial charge in [-0.2, -0.15) is 0 Å². The third kappa shape index (κ3) is 1.53. The van der Waals surface area contributed by atoms with Crippen molar-refractivity contribution in [2.45, 2.75) is 0 Å². The monoisotopic (exact) mass is 189 g/mol. The number of rotatable bonds is 2. The van der Waals surface area contributed by atoms with Crippen molar-refractivity contribution in [3.8, 4) is 5.88 Å². The van der Waals surface area contributed by atoms with Crippen LogP contribution in [0.1, 0.15) is 10.4 Å². The molecule has 3 nitrogen and oxygen atoms in total. The zero-order valence-corrected chi connectivity index (χ0v) is 6.93. The number of ether oxygens (including phenoxy) is 1. The van der Waals surface area contributed by atoms with Gasteiger partial charge in [0.25, 0.3) is 0 Å². The fourth-order valence-electron chi connectivity index (χ4n) is 0.736. The van der Waals surface area contributed by atoms with Crippen LogP contribution in [0.15, 0.2) is 6.07 Å². The maximum atomic E-state index is 12.9. The van der Waals surface area contributed by atoms with Crippen molar-refractivity contribution in [2.24, 2.45) is 0 Å². The van der Waals surface area contributed by atoms with E-state index in [9.17, 15) is 9.18 Å². The lowest BCUT2D eigenvalue weighted by molar-refractivity contribution is 0.111. The number of hydrogen-bond acceptors (Lipinski definition) is 3. The van der Waals surface area contributed by atoms with E-state index in [0.717, 1.165) is 6.07 Å². The van der Waals surface area contributed by atoms with Crippen LogP contribution in [0, 0.1) is 5.82 Å². The van der Waals surface area contributed by atoms with Crippen LogP contribution >= 0.6 is 11.6 Å². The summed E-state index contributed by atoms with van der Waals surface area (Å²) in [5, 5.41) is -0.0463. The lowest BCUT2D eigenvalue weighted by Crippen LogP contribution is -1.97. The molecule has 0 saturated carbocycles. The third-order valence-electron chi connectivity index (χ3n) is 1.25. The van der Waals surface area contributed by atoms with Gasteiger partial charge in [0.1, 0.15) is 16.5 Å². The molecule has 0 aromatic carbocycles. The maximum absolute atomic E-state index is 12.9. The number of carbonyl (C=O) groups excluding carboxylic acids is 1. The van der Waals surface area contributed by atoms with E-state index in [1.165, 1.54) is 7.11 Å². The number of aldehydes is 1. The molecule has 0 aliphatic carbocycles. The zero-order chi connectivity index (χ0) is 9.14. The lowest BCUT2D eigenvalue weighted by atomic mass is 10.3. The minimum Gasteiger partial charge on any atom is -0.480 e. The first-order chi connectivity index (χ1) is 5.69. The Balaban J connectivity index is 3.33. The van der Waals surface area contributed by atoms with Gasteiger partial charge < -0.3 is 4.74 Å². The van der Waals surface area contributed by atoms with Gasteiger partial charge in [-0.1, -0.05) is 11.6 Å². The van der Waals surface area contributed by atoms with Crippen molar-refractivity contribution in [2.75, 3.05) is 7.11 Å². The van der Waals surface area contributed by atoms with Gasteiger partial charge in [0.15, 0.2) is 6.29 Å². The molecular formula is C7H5ClFNO2. The highest BCUT2D eigenvalue weighted by atomic mass is 35.5. The normalized spacial score (nSPS) is 9.58. The number of aromatic nitrogens is 1. The Morgan fingerprint density at radius 1 is 1.75 bits per heavy atom. The Labute approximate surface area is 73.1 Å². The number of carbonyl (C=O) groups is 1. The fourth-order valence-corrected chi connectivity index (χ4v) is 0.909. The number of methoxy groups -OCH3 is 1. The molecule has 0 radical (unpaired) electrons. The van der Waals surface area contributed by atoms with Crippen LogP contribution in [-0.4, -0.2) is 18.4 Å². The summed E-state index contributed by atoms with van der Waals surface area (Å²) in [6.45, 7) is 0. The van der Waals surface area contributed by atoms with Crippen LogP contribution in [0.2, 0.25) is 5.15 Å². The molecule has 1 heterocycles. The molecule has 0 N–H and O–H groups in total. The van der Waals surface area contributed by atoms with E-state index in [2.05, 4.69) is 9.72 Å². The Bertz CT molecular complexity index is 317. The highest BCUT2D eigenvalue weighted by molar-refractivity contribution is 6.29. The average molecular weight is 190 g/mol. The summed E-state index contributed by atoms with van der Waals surface area (Å²) in [7, 11) is 1.28. The Morgan fingerprint density at radius 2 is 2.42 bits per heavy atom. The highest BCUT2D eigenvalue weighted by Gasteiger charge is 2.11. The minimum atomic E-state index is -0.734. The highest BCUT2D eigenvalue weighted by Crippen LogP contribution is 2.20. The van der Waals surface area contributed by atoms with Crippen molar-refractivity contribution >= 4 is 17.9 Å². The molecule has 0 amide bonds. The van der Waals surface area contributed by atoms with Crippen LogP contribution in [0.25, 0.3) is 0 Å². The zero-order valence-electron chi connectivity index (χ0n) is 6.17. The second-order valence-corrected chi connectivity index (χ2v) is 2.35. The van der Waals surface area contributed by atoms with E-state index in [0.29, 0.717) is 6.29 Å². The Morgan fingerprint density at radius 3 is 2.92 bits per heavy atom. The molecule has 0 unspecified atom stereocenters. The summed E-state index contributed by atoms with van der Waals surface area (Å²) >= 11 is 5.41. The standard InChI is InChI=1S/C7H5ClFNO2/c1-12-7-4(3-11)5(9)2-6(8)10-7/h2-3H,1H3. The van der Waals surface area contributed by atoms with Crippen LogP contribution < -0.4 is 4.74 Å². The number of hydrogen-bond donors (Lipinski definition) is 0. The molecule has 0 atom stereocenters. The van der Waals surface area contributed by atoms with Crippen molar-refractivity contribution in [1.82, 2.24) is 4.98 Å². The largest absolute Gasteiger partial charge is 0.480 e. The summed E-state index contributed by atoms with van der Waals surface area (Å²) < 4.78 is 17.5. The SMILES string of the molecule is COc1nc(Cl)cc(F)c1C=O. The predicted octanol–water partition coefficient (Wildman–Crippen LogP) is 1.70. The van der Waals surface area contributed by atoms with Crippen LogP contribution in [-0.2, 0) is 0 Å². The van der Waals surface area contributed by atoms with Crippen LogP contribution in [0.4, 0.5) is 4.39 Å². The first-order valence-corrected chi connectivity index (χ1v) is 3.42. The molecule has 0 fully saturated rings. The molecule has 5 heteroatoms. The quantitative estimate of drug-likeness (QED) is 0.525. The molecule has 0 bridgehead atoms. The van der Waals surface area contributed by atoms with Gasteiger partial charge in [0, 0.05) is 6.07 Å². The molecule has 0 aliphatic rings. The van der Waals surface area contributed by atoms with E-state index in [1.807, 2.05) is 0 Å². The maximum Gasteiger partial charge on any atom is 0.228 e. The van der Waals surface area contributed by atoms with Gasteiger partial charge in [-0.3, -0.25) is 4.79 Å². The lowest BCUT2D eigenvalue weighted by Gasteiger charge is -2.02. The second kappa shape index (κ2) is 3.49. The number of pyridine rings is 1. The molecular weight excluding hydrogens is 185 g/mol. The molecule has 0 saturated heterocycles. The van der Waals surface area contributed by atoms with Gasteiger partial charge in [-0.05, 0) is 0 Å². The van der Waals surface area contributed by atoms with Gasteiger partial charge in [-0.15, -0.1) is 0 Å². The van der Waals surface area contributed by atoms with Crippen LogP contribution in [0.3, 0.4) is 0 Å². The molecule has 1 aromatic heterocycles. The fraction of sp³-hybridized carbons (Fsp3) is 0.143.